The van der Waals surface area contributed by atoms with E-state index in [1.807, 2.05) is 0 Å². The molecule has 9 nitrogen and oxygen atoms in total. The van der Waals surface area contributed by atoms with Crippen molar-refractivity contribution in [1.29, 1.82) is 0 Å². The summed E-state index contributed by atoms with van der Waals surface area (Å²) in [7, 11) is 0. The second-order valence-electron chi connectivity index (χ2n) is 18.9. The van der Waals surface area contributed by atoms with Crippen LogP contribution in [0.3, 0.4) is 0 Å². The van der Waals surface area contributed by atoms with Crippen LogP contribution in [0.25, 0.3) is 0 Å². The molecule has 0 spiro atoms. The molecular weight excluding hydrogens is 606 g/mol. The Kier molecular flexibility index (Phi) is 14.5. The van der Waals surface area contributed by atoms with Gasteiger partial charge in [-0.25, -0.2) is 14.4 Å². The number of nitrogens with one attached hydrogen (secondary N) is 3. The smallest absolute Gasteiger partial charge is 0.335 e. The van der Waals surface area contributed by atoms with Crippen molar-refractivity contribution in [2.75, 3.05) is 0 Å². The lowest BCUT2D eigenvalue weighted by Crippen LogP contribution is -2.57. The molecule has 0 atom stereocenters. The Morgan fingerprint density at radius 1 is 0.438 bits per heavy atom. The predicted molar refractivity (Wildman–Crippen MR) is 196 cm³/mol. The molecule has 0 saturated carbocycles. The van der Waals surface area contributed by atoms with Crippen LogP contribution < -0.4 is 16.0 Å². The number of hydrogen-bond acceptors (Lipinski definition) is 6. The Labute approximate surface area is 291 Å². The minimum Gasteiger partial charge on any atom is -0.478 e. The molecule has 4 rings (SSSR count). The van der Waals surface area contributed by atoms with Crippen molar-refractivity contribution < 1.29 is 29.7 Å². The average Bonchev–Trinajstić information content (AvgIpc) is 2.77. The van der Waals surface area contributed by atoms with Crippen LogP contribution >= 0.6 is 0 Å². The summed E-state index contributed by atoms with van der Waals surface area (Å²) >= 11 is 0. The van der Waals surface area contributed by atoms with Crippen LogP contribution in [0.15, 0.2) is 18.2 Å². The minimum atomic E-state index is -1.37. The topological polar surface area (TPSA) is 148 Å². The Balaban J connectivity index is 0.000000323. The molecule has 1 aromatic rings. The molecule has 3 saturated heterocycles. The third-order valence-corrected chi connectivity index (χ3v) is 8.86. The molecule has 276 valence electrons. The number of hydrogen-bond donors (Lipinski definition) is 6. The van der Waals surface area contributed by atoms with Crippen LogP contribution in [0.1, 0.15) is 173 Å². The third-order valence-electron chi connectivity index (χ3n) is 8.86. The second kappa shape index (κ2) is 16.0. The van der Waals surface area contributed by atoms with E-state index in [1.165, 1.54) is 38.5 Å². The maximum atomic E-state index is 10.6. The van der Waals surface area contributed by atoms with Crippen LogP contribution in [0.4, 0.5) is 0 Å². The Morgan fingerprint density at radius 3 is 0.688 bits per heavy atom. The van der Waals surface area contributed by atoms with Gasteiger partial charge in [0, 0.05) is 33.2 Å². The van der Waals surface area contributed by atoms with Gasteiger partial charge in [-0.2, -0.15) is 0 Å². The fraction of sp³-hybridized carbons (Fsp3) is 0.769. The minimum absolute atomic E-state index is 0.334. The first-order valence-corrected chi connectivity index (χ1v) is 17.6. The summed E-state index contributed by atoms with van der Waals surface area (Å²) in [6, 6.07) is 2.70. The fourth-order valence-corrected chi connectivity index (χ4v) is 9.50. The van der Waals surface area contributed by atoms with Crippen LogP contribution in [-0.2, 0) is 0 Å². The molecule has 0 aliphatic carbocycles. The zero-order valence-electron chi connectivity index (χ0n) is 32.8. The maximum absolute atomic E-state index is 10.6. The highest BCUT2D eigenvalue weighted by Crippen LogP contribution is 2.34. The molecule has 0 bridgehead atoms. The predicted octanol–water partition coefficient (Wildman–Crippen LogP) is 8.47. The maximum Gasteiger partial charge on any atom is 0.335 e. The van der Waals surface area contributed by atoms with Crippen molar-refractivity contribution in [3.05, 3.63) is 34.9 Å². The van der Waals surface area contributed by atoms with Gasteiger partial charge in [0.15, 0.2) is 0 Å². The molecule has 3 heterocycles. The molecule has 0 unspecified atom stereocenters. The number of benzene rings is 1. The van der Waals surface area contributed by atoms with Gasteiger partial charge in [-0.05, 0) is 158 Å². The van der Waals surface area contributed by atoms with Crippen molar-refractivity contribution in [2.24, 2.45) is 17.8 Å². The molecule has 0 aromatic heterocycles. The molecule has 3 aliphatic heterocycles. The fourth-order valence-electron chi connectivity index (χ4n) is 9.50. The quantitative estimate of drug-likeness (QED) is 0.186. The molecule has 48 heavy (non-hydrogen) atoms. The Bertz CT molecular complexity index is 1050. The summed E-state index contributed by atoms with van der Waals surface area (Å²) in [5.74, 6) is -1.54. The van der Waals surface area contributed by atoms with Gasteiger partial charge in [-0.15, -0.1) is 0 Å². The number of carbonyl (C=O) groups is 3. The first-order valence-electron chi connectivity index (χ1n) is 17.6. The van der Waals surface area contributed by atoms with E-state index in [1.54, 1.807) is 0 Å². The number of aromatic carboxylic acids is 3. The van der Waals surface area contributed by atoms with E-state index in [0.717, 1.165) is 36.0 Å². The van der Waals surface area contributed by atoms with Crippen molar-refractivity contribution in [1.82, 2.24) is 16.0 Å². The summed E-state index contributed by atoms with van der Waals surface area (Å²) < 4.78 is 0. The Morgan fingerprint density at radius 2 is 0.583 bits per heavy atom. The standard InChI is InChI=1S/3C10H21N.C9H6O6/c3*1-8-6-9(2,3)11-10(4,5)7-8;10-7(11)4-1-5(8(12)13)3-6(2-4)9(14)15/h3*8,11H,6-7H2,1-5H3;1-3H,(H,10,11)(H,12,13)(H,14,15). The van der Waals surface area contributed by atoms with Crippen molar-refractivity contribution in [3.63, 3.8) is 0 Å². The molecule has 1 aromatic carbocycles. The van der Waals surface area contributed by atoms with Crippen molar-refractivity contribution in [2.45, 2.75) is 176 Å². The van der Waals surface area contributed by atoms with Gasteiger partial charge in [0.05, 0.1) is 16.7 Å². The van der Waals surface area contributed by atoms with E-state index in [9.17, 15) is 14.4 Å². The number of rotatable bonds is 3. The largest absolute Gasteiger partial charge is 0.478 e. The highest BCUT2D eigenvalue weighted by molar-refractivity contribution is 5.98. The molecule has 9 heteroatoms. The van der Waals surface area contributed by atoms with Gasteiger partial charge in [-0.1, -0.05) is 20.8 Å². The lowest BCUT2D eigenvalue weighted by atomic mass is 9.77. The van der Waals surface area contributed by atoms with Gasteiger partial charge in [0.2, 0.25) is 0 Å². The van der Waals surface area contributed by atoms with Gasteiger partial charge in [0.1, 0.15) is 0 Å². The number of carboxylic acids is 3. The summed E-state index contributed by atoms with van der Waals surface area (Å²) in [5.41, 5.74) is 0.902. The number of piperidine rings is 3. The van der Waals surface area contributed by atoms with Gasteiger partial charge in [0.25, 0.3) is 0 Å². The van der Waals surface area contributed by atoms with Crippen LogP contribution in [0, 0.1) is 17.8 Å². The first-order chi connectivity index (χ1) is 21.3. The summed E-state index contributed by atoms with van der Waals surface area (Å²) in [4.78, 5) is 31.7. The van der Waals surface area contributed by atoms with E-state index in [0.29, 0.717) is 33.2 Å². The molecule has 6 N–H and O–H groups in total. The molecular formula is C39H69N3O6. The van der Waals surface area contributed by atoms with Crippen LogP contribution in [0.5, 0.6) is 0 Å². The zero-order valence-corrected chi connectivity index (χ0v) is 32.8. The highest BCUT2D eigenvalue weighted by atomic mass is 16.4. The zero-order chi connectivity index (χ0) is 37.7. The van der Waals surface area contributed by atoms with E-state index < -0.39 is 17.9 Å². The summed E-state index contributed by atoms with van der Waals surface area (Å²) in [6.07, 6.45) is 7.81. The Hall–Kier alpha value is -2.49. The number of carboxylic acid groups (broad SMARTS) is 3. The van der Waals surface area contributed by atoms with Crippen LogP contribution in [-0.4, -0.2) is 66.5 Å². The molecule has 3 fully saturated rings. The highest BCUT2D eigenvalue weighted by Gasteiger charge is 2.37. The van der Waals surface area contributed by atoms with E-state index in [4.69, 9.17) is 15.3 Å². The average molecular weight is 676 g/mol. The lowest BCUT2D eigenvalue weighted by Gasteiger charge is -2.45. The first kappa shape index (κ1) is 43.5. The van der Waals surface area contributed by atoms with E-state index in [2.05, 4.69) is 120 Å². The molecule has 3 aliphatic rings. The summed E-state index contributed by atoms with van der Waals surface area (Å²) in [5, 5.41) is 36.8. The monoisotopic (exact) mass is 676 g/mol. The normalized spacial score (nSPS) is 23.8. The lowest BCUT2D eigenvalue weighted by molar-refractivity contribution is 0.0696. The van der Waals surface area contributed by atoms with Crippen molar-refractivity contribution >= 4 is 17.9 Å². The molecule has 0 amide bonds. The van der Waals surface area contributed by atoms with Gasteiger partial charge < -0.3 is 31.3 Å². The van der Waals surface area contributed by atoms with E-state index in [-0.39, 0.29) is 16.7 Å². The second-order valence-corrected chi connectivity index (χ2v) is 18.9. The van der Waals surface area contributed by atoms with Gasteiger partial charge >= 0.3 is 17.9 Å². The third kappa shape index (κ3) is 16.3. The van der Waals surface area contributed by atoms with Gasteiger partial charge in [-0.3, -0.25) is 0 Å². The SMILES string of the molecule is CC1CC(C)(C)NC(C)(C)C1.CC1CC(C)(C)NC(C)(C)C1.CC1CC(C)(C)NC(C)(C)C1.O=C(O)c1cc(C(=O)O)cc(C(=O)O)c1. The van der Waals surface area contributed by atoms with Crippen LogP contribution in [0.2, 0.25) is 0 Å². The van der Waals surface area contributed by atoms with Crippen molar-refractivity contribution in [3.8, 4) is 0 Å². The molecule has 0 radical (unpaired) electrons. The summed E-state index contributed by atoms with van der Waals surface area (Å²) in [6.45, 7) is 34.6. The van der Waals surface area contributed by atoms with E-state index >= 15 is 0 Å².